The molecule has 2 aromatic carbocycles. The van der Waals surface area contributed by atoms with Gasteiger partial charge in [0.15, 0.2) is 6.61 Å². The molecule has 2 aromatic rings. The number of ether oxygens (including phenoxy) is 1. The van der Waals surface area contributed by atoms with Gasteiger partial charge in [0, 0.05) is 16.8 Å². The number of hydrogen-bond acceptors (Lipinski definition) is 3. The number of benzene rings is 2. The van der Waals surface area contributed by atoms with Gasteiger partial charge in [0.05, 0.1) is 0 Å². The number of allylic oxidation sites excluding steroid dienone is 1. The van der Waals surface area contributed by atoms with E-state index in [-0.39, 0.29) is 12.5 Å². The number of para-hydroxylation sites is 1. The first-order valence-electron chi connectivity index (χ1n) is 7.90. The van der Waals surface area contributed by atoms with Gasteiger partial charge in [0.1, 0.15) is 0 Å². The Morgan fingerprint density at radius 3 is 2.42 bits per heavy atom. The number of esters is 1. The van der Waals surface area contributed by atoms with Gasteiger partial charge in [-0.1, -0.05) is 61.5 Å². The maximum Gasteiger partial charge on any atom is 0.333 e. The number of anilines is 1. The Kier molecular flexibility index (Phi) is 6.32. The molecule has 124 valence electrons. The molecule has 0 radical (unpaired) electrons. The maximum atomic E-state index is 12.1. The van der Waals surface area contributed by atoms with Crippen LogP contribution in [0, 0.1) is 0 Å². The van der Waals surface area contributed by atoms with Crippen LogP contribution in [0.5, 0.6) is 0 Å². The smallest absolute Gasteiger partial charge is 0.333 e. The van der Waals surface area contributed by atoms with Crippen molar-refractivity contribution in [3.8, 4) is 11.1 Å². The fourth-order valence-corrected chi connectivity index (χ4v) is 2.28. The SMILES string of the molecule is CC/C=C(\C)C(=O)OCC(=O)Nc1ccccc1-c1ccccc1. The van der Waals surface area contributed by atoms with Gasteiger partial charge in [-0.15, -0.1) is 0 Å². The molecule has 0 saturated carbocycles. The lowest BCUT2D eigenvalue weighted by molar-refractivity contribution is -0.143. The van der Waals surface area contributed by atoms with Crippen molar-refractivity contribution >= 4 is 17.6 Å². The van der Waals surface area contributed by atoms with Crippen LogP contribution in [0.1, 0.15) is 20.3 Å². The zero-order valence-electron chi connectivity index (χ0n) is 13.9. The molecule has 24 heavy (non-hydrogen) atoms. The van der Waals surface area contributed by atoms with E-state index in [0.717, 1.165) is 17.5 Å². The summed E-state index contributed by atoms with van der Waals surface area (Å²) in [7, 11) is 0. The molecule has 0 aliphatic heterocycles. The zero-order valence-corrected chi connectivity index (χ0v) is 13.9. The van der Waals surface area contributed by atoms with Gasteiger partial charge in [-0.2, -0.15) is 0 Å². The van der Waals surface area contributed by atoms with Gasteiger partial charge >= 0.3 is 5.97 Å². The molecular weight excluding hydrogens is 302 g/mol. The van der Waals surface area contributed by atoms with Crippen LogP contribution in [0.3, 0.4) is 0 Å². The molecule has 0 aliphatic carbocycles. The number of rotatable bonds is 6. The average molecular weight is 323 g/mol. The third kappa shape index (κ3) is 4.81. The summed E-state index contributed by atoms with van der Waals surface area (Å²) in [5.74, 6) is -0.834. The number of nitrogens with one attached hydrogen (secondary N) is 1. The molecule has 4 heteroatoms. The second-order valence-corrected chi connectivity index (χ2v) is 5.33. The summed E-state index contributed by atoms with van der Waals surface area (Å²) in [6.07, 6.45) is 2.52. The van der Waals surface area contributed by atoms with E-state index in [1.54, 1.807) is 13.0 Å². The minimum atomic E-state index is -0.469. The first kappa shape index (κ1) is 17.5. The predicted molar refractivity (Wildman–Crippen MR) is 95.5 cm³/mol. The second kappa shape index (κ2) is 8.67. The summed E-state index contributed by atoms with van der Waals surface area (Å²) in [6.45, 7) is 3.30. The lowest BCUT2D eigenvalue weighted by Crippen LogP contribution is -2.21. The topological polar surface area (TPSA) is 55.4 Å². The minimum absolute atomic E-state index is 0.309. The Hall–Kier alpha value is -2.88. The van der Waals surface area contributed by atoms with Crippen molar-refractivity contribution in [3.63, 3.8) is 0 Å². The van der Waals surface area contributed by atoms with E-state index >= 15 is 0 Å². The summed E-state index contributed by atoms with van der Waals surface area (Å²) >= 11 is 0. The van der Waals surface area contributed by atoms with E-state index in [0.29, 0.717) is 11.3 Å². The lowest BCUT2D eigenvalue weighted by Gasteiger charge is -2.11. The first-order chi connectivity index (χ1) is 11.6. The second-order valence-electron chi connectivity index (χ2n) is 5.33. The van der Waals surface area contributed by atoms with E-state index in [1.807, 2.05) is 61.5 Å². The van der Waals surface area contributed by atoms with E-state index in [1.165, 1.54) is 0 Å². The van der Waals surface area contributed by atoms with Gasteiger partial charge in [-0.05, 0) is 25.0 Å². The fraction of sp³-hybridized carbons (Fsp3) is 0.200. The monoisotopic (exact) mass is 323 g/mol. The third-order valence-corrected chi connectivity index (χ3v) is 3.45. The minimum Gasteiger partial charge on any atom is -0.452 e. The molecule has 0 aliphatic rings. The standard InChI is InChI=1S/C20H21NO3/c1-3-9-15(2)20(23)24-14-19(22)21-18-13-8-7-12-17(18)16-10-5-4-6-11-16/h4-13H,3,14H2,1-2H3,(H,21,22)/b15-9+. The van der Waals surface area contributed by atoms with E-state index < -0.39 is 5.97 Å². The average Bonchev–Trinajstić information content (AvgIpc) is 2.61. The van der Waals surface area contributed by atoms with E-state index in [4.69, 9.17) is 4.74 Å². The highest BCUT2D eigenvalue weighted by atomic mass is 16.5. The molecule has 2 rings (SSSR count). The Morgan fingerprint density at radius 2 is 1.71 bits per heavy atom. The summed E-state index contributed by atoms with van der Waals surface area (Å²) in [4.78, 5) is 23.8. The van der Waals surface area contributed by atoms with Crippen LogP contribution in [-0.4, -0.2) is 18.5 Å². The highest BCUT2D eigenvalue weighted by molar-refractivity contribution is 5.98. The van der Waals surface area contributed by atoms with Crippen molar-refractivity contribution in [2.45, 2.75) is 20.3 Å². The third-order valence-electron chi connectivity index (χ3n) is 3.45. The molecular formula is C20H21NO3. The molecule has 0 bridgehead atoms. The van der Waals surface area contributed by atoms with Crippen LogP contribution in [0.25, 0.3) is 11.1 Å². The Labute approximate surface area is 142 Å². The van der Waals surface area contributed by atoms with Crippen LogP contribution in [0.4, 0.5) is 5.69 Å². The maximum absolute atomic E-state index is 12.1. The van der Waals surface area contributed by atoms with Crippen molar-refractivity contribution in [2.75, 3.05) is 11.9 Å². The van der Waals surface area contributed by atoms with E-state index in [2.05, 4.69) is 5.32 Å². The van der Waals surface area contributed by atoms with E-state index in [9.17, 15) is 9.59 Å². The molecule has 0 fully saturated rings. The zero-order chi connectivity index (χ0) is 17.4. The van der Waals surface area contributed by atoms with Crippen molar-refractivity contribution in [1.29, 1.82) is 0 Å². The first-order valence-corrected chi connectivity index (χ1v) is 7.90. The van der Waals surface area contributed by atoms with Crippen molar-refractivity contribution in [3.05, 3.63) is 66.2 Å². The number of carbonyl (C=O) groups is 2. The fourth-order valence-electron chi connectivity index (χ4n) is 2.28. The highest BCUT2D eigenvalue weighted by Crippen LogP contribution is 2.27. The molecule has 0 unspecified atom stereocenters. The molecule has 4 nitrogen and oxygen atoms in total. The Morgan fingerprint density at radius 1 is 1.04 bits per heavy atom. The number of hydrogen-bond donors (Lipinski definition) is 1. The molecule has 0 aromatic heterocycles. The molecule has 1 amide bonds. The van der Waals surface area contributed by atoms with Crippen LogP contribution >= 0.6 is 0 Å². The van der Waals surface area contributed by atoms with Crippen LogP contribution < -0.4 is 5.32 Å². The van der Waals surface area contributed by atoms with Gasteiger partial charge in [-0.25, -0.2) is 4.79 Å². The largest absolute Gasteiger partial charge is 0.452 e. The molecule has 0 saturated heterocycles. The normalized spacial score (nSPS) is 11.0. The highest BCUT2D eigenvalue weighted by Gasteiger charge is 2.11. The Bertz CT molecular complexity index is 736. The van der Waals surface area contributed by atoms with Crippen LogP contribution in [-0.2, 0) is 14.3 Å². The van der Waals surface area contributed by atoms with Gasteiger partial charge in [0.25, 0.3) is 5.91 Å². The predicted octanol–water partition coefficient (Wildman–Crippen LogP) is 4.19. The van der Waals surface area contributed by atoms with Crippen LogP contribution in [0.15, 0.2) is 66.2 Å². The molecule has 0 atom stereocenters. The summed E-state index contributed by atoms with van der Waals surface area (Å²) in [6, 6.07) is 17.3. The number of amides is 1. The quantitative estimate of drug-likeness (QED) is 0.640. The van der Waals surface area contributed by atoms with Crippen LogP contribution in [0.2, 0.25) is 0 Å². The lowest BCUT2D eigenvalue weighted by atomic mass is 10.0. The van der Waals surface area contributed by atoms with Crippen molar-refractivity contribution < 1.29 is 14.3 Å². The van der Waals surface area contributed by atoms with Gasteiger partial charge in [0.2, 0.25) is 0 Å². The van der Waals surface area contributed by atoms with Gasteiger partial charge < -0.3 is 10.1 Å². The Balaban J connectivity index is 2.03. The van der Waals surface area contributed by atoms with Crippen molar-refractivity contribution in [2.24, 2.45) is 0 Å². The summed E-state index contributed by atoms with van der Waals surface area (Å²) in [5.41, 5.74) is 3.12. The van der Waals surface area contributed by atoms with Gasteiger partial charge in [-0.3, -0.25) is 4.79 Å². The molecule has 0 heterocycles. The molecule has 1 N–H and O–H groups in total. The number of carbonyl (C=O) groups excluding carboxylic acids is 2. The van der Waals surface area contributed by atoms with Crippen molar-refractivity contribution in [1.82, 2.24) is 0 Å². The summed E-state index contributed by atoms with van der Waals surface area (Å²) < 4.78 is 5.02. The summed E-state index contributed by atoms with van der Waals surface area (Å²) in [5, 5.41) is 2.80. The molecule has 0 spiro atoms.